The predicted octanol–water partition coefficient (Wildman–Crippen LogP) is -0.140. The highest BCUT2D eigenvalue weighted by Gasteiger charge is 2.34. The van der Waals surface area contributed by atoms with E-state index < -0.39 is 0 Å². The summed E-state index contributed by atoms with van der Waals surface area (Å²) in [6.45, 7) is 4.56. The molecule has 0 radical (unpaired) electrons. The van der Waals surface area contributed by atoms with Crippen LogP contribution < -0.4 is 11.1 Å². The molecular weight excluding hydrogens is 128 g/mol. The van der Waals surface area contributed by atoms with Crippen LogP contribution in [0, 0.1) is 5.92 Å². The van der Waals surface area contributed by atoms with E-state index in [0.717, 1.165) is 13.0 Å². The summed E-state index contributed by atoms with van der Waals surface area (Å²) in [5, 5.41) is 2.76. The van der Waals surface area contributed by atoms with Crippen molar-refractivity contribution in [2.45, 2.75) is 25.8 Å². The fraction of sp³-hybridized carbons (Fsp3) is 0.857. The molecule has 1 aliphatic rings. The Morgan fingerprint density at radius 3 is 2.50 bits per heavy atom. The smallest absolute Gasteiger partial charge is 0.225 e. The van der Waals surface area contributed by atoms with Crippen molar-refractivity contribution in [3.8, 4) is 0 Å². The molecule has 3 N–H and O–H groups in total. The Labute approximate surface area is 61.0 Å². The largest absolute Gasteiger partial charge is 0.356 e. The van der Waals surface area contributed by atoms with Gasteiger partial charge in [0.2, 0.25) is 5.91 Å². The summed E-state index contributed by atoms with van der Waals surface area (Å²) in [4.78, 5) is 11.0. The van der Waals surface area contributed by atoms with Crippen LogP contribution >= 0.6 is 0 Å². The first kappa shape index (κ1) is 7.54. The van der Waals surface area contributed by atoms with E-state index in [-0.39, 0.29) is 17.4 Å². The van der Waals surface area contributed by atoms with Crippen LogP contribution in [0.25, 0.3) is 0 Å². The molecule has 3 nitrogen and oxygen atoms in total. The minimum atomic E-state index is -0.361. The maximum atomic E-state index is 11.0. The van der Waals surface area contributed by atoms with Gasteiger partial charge in [-0.15, -0.1) is 0 Å². The van der Waals surface area contributed by atoms with Crippen LogP contribution in [0.3, 0.4) is 0 Å². The van der Waals surface area contributed by atoms with Gasteiger partial charge in [0, 0.05) is 12.1 Å². The lowest BCUT2D eigenvalue weighted by molar-refractivity contribution is -0.123. The number of nitrogens with one attached hydrogen (secondary N) is 1. The molecule has 1 aliphatic heterocycles. The van der Waals surface area contributed by atoms with Crippen LogP contribution in [0.1, 0.15) is 20.3 Å². The lowest BCUT2D eigenvalue weighted by atomic mass is 9.87. The van der Waals surface area contributed by atoms with Crippen LogP contribution in [-0.2, 0) is 4.79 Å². The molecule has 1 heterocycles. The fourth-order valence-electron chi connectivity index (χ4n) is 1.30. The van der Waals surface area contributed by atoms with E-state index in [4.69, 9.17) is 5.73 Å². The summed E-state index contributed by atoms with van der Waals surface area (Å²) >= 11 is 0. The predicted molar refractivity (Wildman–Crippen MR) is 39.4 cm³/mol. The third kappa shape index (κ3) is 1.29. The fourth-order valence-corrected chi connectivity index (χ4v) is 1.30. The number of amides is 1. The molecule has 1 rings (SSSR count). The topological polar surface area (TPSA) is 55.1 Å². The highest BCUT2D eigenvalue weighted by molar-refractivity contribution is 5.81. The SMILES string of the molecule is CC(C)(N)[C@@H]1CCNC1=O. The lowest BCUT2D eigenvalue weighted by Crippen LogP contribution is -2.44. The van der Waals surface area contributed by atoms with E-state index in [1.165, 1.54) is 0 Å². The molecule has 1 fully saturated rings. The lowest BCUT2D eigenvalue weighted by Gasteiger charge is -2.23. The van der Waals surface area contributed by atoms with Gasteiger partial charge in [-0.3, -0.25) is 4.79 Å². The second-order valence-electron chi connectivity index (χ2n) is 3.45. The summed E-state index contributed by atoms with van der Waals surface area (Å²) in [5.41, 5.74) is 5.41. The average Bonchev–Trinajstić information content (AvgIpc) is 2.11. The van der Waals surface area contributed by atoms with Gasteiger partial charge >= 0.3 is 0 Å². The van der Waals surface area contributed by atoms with Crippen LogP contribution in [0.5, 0.6) is 0 Å². The number of hydrogen-bond acceptors (Lipinski definition) is 2. The molecule has 10 heavy (non-hydrogen) atoms. The number of rotatable bonds is 1. The first-order valence-electron chi connectivity index (χ1n) is 3.58. The van der Waals surface area contributed by atoms with Crippen LogP contribution in [0.2, 0.25) is 0 Å². The summed E-state index contributed by atoms with van der Waals surface area (Å²) in [6.07, 6.45) is 0.877. The molecule has 0 bridgehead atoms. The van der Waals surface area contributed by atoms with E-state index in [1.54, 1.807) is 0 Å². The molecule has 1 saturated heterocycles. The van der Waals surface area contributed by atoms with Gasteiger partial charge in [-0.2, -0.15) is 0 Å². The van der Waals surface area contributed by atoms with Crippen molar-refractivity contribution >= 4 is 5.91 Å². The molecular formula is C7H14N2O. The molecule has 1 amide bonds. The van der Waals surface area contributed by atoms with Crippen molar-refractivity contribution in [1.29, 1.82) is 0 Å². The molecule has 0 spiro atoms. The summed E-state index contributed by atoms with van der Waals surface area (Å²) in [5.74, 6) is 0.111. The second kappa shape index (κ2) is 2.23. The van der Waals surface area contributed by atoms with Crippen molar-refractivity contribution in [2.24, 2.45) is 11.7 Å². The Kier molecular flexibility index (Phi) is 1.68. The van der Waals surface area contributed by atoms with Crippen LogP contribution in [0.4, 0.5) is 0 Å². The summed E-state index contributed by atoms with van der Waals surface area (Å²) in [7, 11) is 0. The Morgan fingerprint density at radius 1 is 1.70 bits per heavy atom. The first-order valence-corrected chi connectivity index (χ1v) is 3.58. The molecule has 0 saturated carbocycles. The Bertz CT molecular complexity index is 148. The van der Waals surface area contributed by atoms with Gasteiger partial charge in [0.1, 0.15) is 0 Å². The monoisotopic (exact) mass is 142 g/mol. The molecule has 0 unspecified atom stereocenters. The van der Waals surface area contributed by atoms with Crippen LogP contribution in [-0.4, -0.2) is 18.0 Å². The molecule has 58 valence electrons. The zero-order valence-electron chi connectivity index (χ0n) is 6.48. The van der Waals surface area contributed by atoms with Gasteiger partial charge in [0.05, 0.1) is 5.92 Å². The van der Waals surface area contributed by atoms with Crippen LogP contribution in [0.15, 0.2) is 0 Å². The van der Waals surface area contributed by atoms with E-state index in [2.05, 4.69) is 5.32 Å². The third-order valence-electron chi connectivity index (χ3n) is 1.95. The first-order chi connectivity index (χ1) is 4.52. The van der Waals surface area contributed by atoms with Crippen molar-refractivity contribution in [3.63, 3.8) is 0 Å². The molecule has 0 aromatic rings. The minimum Gasteiger partial charge on any atom is -0.356 e. The molecule has 0 aromatic carbocycles. The number of carbonyl (C=O) groups excluding carboxylic acids is 1. The molecule has 0 aromatic heterocycles. The van der Waals surface area contributed by atoms with E-state index in [0.29, 0.717) is 0 Å². The highest BCUT2D eigenvalue weighted by atomic mass is 16.2. The summed E-state index contributed by atoms with van der Waals surface area (Å²) < 4.78 is 0. The quantitative estimate of drug-likeness (QED) is 0.535. The van der Waals surface area contributed by atoms with Crippen molar-refractivity contribution in [1.82, 2.24) is 5.32 Å². The van der Waals surface area contributed by atoms with E-state index >= 15 is 0 Å². The van der Waals surface area contributed by atoms with Gasteiger partial charge in [-0.05, 0) is 20.3 Å². The second-order valence-corrected chi connectivity index (χ2v) is 3.45. The average molecular weight is 142 g/mol. The standard InChI is InChI=1S/C7H14N2O/c1-7(2,8)5-3-4-9-6(5)10/h5H,3-4,8H2,1-2H3,(H,9,10)/t5-/m1/s1. The third-order valence-corrected chi connectivity index (χ3v) is 1.95. The van der Waals surface area contributed by atoms with Crippen molar-refractivity contribution in [3.05, 3.63) is 0 Å². The van der Waals surface area contributed by atoms with Gasteiger partial charge in [-0.25, -0.2) is 0 Å². The number of hydrogen-bond donors (Lipinski definition) is 2. The zero-order valence-corrected chi connectivity index (χ0v) is 6.48. The summed E-state index contributed by atoms with van der Waals surface area (Å²) in [6, 6.07) is 0. The van der Waals surface area contributed by atoms with Gasteiger partial charge in [-0.1, -0.05) is 0 Å². The molecule has 1 atom stereocenters. The van der Waals surface area contributed by atoms with E-state index in [9.17, 15) is 4.79 Å². The Hall–Kier alpha value is -0.570. The van der Waals surface area contributed by atoms with Crippen molar-refractivity contribution in [2.75, 3.05) is 6.54 Å². The number of nitrogens with two attached hydrogens (primary N) is 1. The minimum absolute atomic E-state index is 0.00694. The van der Waals surface area contributed by atoms with Gasteiger partial charge in [0.25, 0.3) is 0 Å². The maximum Gasteiger partial charge on any atom is 0.225 e. The molecule has 0 aliphatic carbocycles. The Morgan fingerprint density at radius 2 is 2.30 bits per heavy atom. The van der Waals surface area contributed by atoms with E-state index in [1.807, 2.05) is 13.8 Å². The van der Waals surface area contributed by atoms with Gasteiger partial charge in [0.15, 0.2) is 0 Å². The number of carbonyl (C=O) groups is 1. The molecule has 3 heteroatoms. The zero-order chi connectivity index (χ0) is 7.78. The maximum absolute atomic E-state index is 11.0. The Balaban J connectivity index is 2.64. The highest BCUT2D eigenvalue weighted by Crippen LogP contribution is 2.20. The normalized spacial score (nSPS) is 26.7. The van der Waals surface area contributed by atoms with Gasteiger partial charge < -0.3 is 11.1 Å². The van der Waals surface area contributed by atoms with Crippen molar-refractivity contribution < 1.29 is 4.79 Å².